The van der Waals surface area contributed by atoms with Crippen molar-refractivity contribution in [1.82, 2.24) is 0 Å². The largest absolute Gasteiger partial charge is 0.493 e. The van der Waals surface area contributed by atoms with Gasteiger partial charge in [-0.25, -0.2) is 0 Å². The third-order valence-electron chi connectivity index (χ3n) is 5.32. The van der Waals surface area contributed by atoms with Gasteiger partial charge in [0, 0.05) is 0 Å². The number of aryl methyl sites for hydroxylation is 1. The van der Waals surface area contributed by atoms with Crippen molar-refractivity contribution < 1.29 is 34.6 Å². The van der Waals surface area contributed by atoms with E-state index >= 15 is 0 Å². The second-order valence-corrected chi connectivity index (χ2v) is 7.49. The minimum absolute atomic E-state index is 0.493. The standard InChI is InChI=1S/C21H34O7/c1-5-6-7-8-9-26-15-10-12(2)20(14(4)13(15)3)28-21-19(25)18(24)17(23)16(11-22)27-21/h10,16-19,21-25H,5-9,11H2,1-4H3/t16-,17-,18+,19-,21+/m1/s1. The number of aliphatic hydroxyl groups is 4. The van der Waals surface area contributed by atoms with E-state index in [4.69, 9.17) is 14.2 Å². The van der Waals surface area contributed by atoms with Gasteiger partial charge in [-0.15, -0.1) is 0 Å². The van der Waals surface area contributed by atoms with Crippen LogP contribution in [-0.4, -0.2) is 64.3 Å². The molecule has 1 aliphatic rings. The van der Waals surface area contributed by atoms with Crippen LogP contribution >= 0.6 is 0 Å². The summed E-state index contributed by atoms with van der Waals surface area (Å²) in [5, 5.41) is 39.4. The Labute approximate surface area is 166 Å². The van der Waals surface area contributed by atoms with Gasteiger partial charge in [-0.1, -0.05) is 26.2 Å². The fraction of sp³-hybridized carbons (Fsp3) is 0.714. The van der Waals surface area contributed by atoms with Gasteiger partial charge in [0.1, 0.15) is 35.9 Å². The van der Waals surface area contributed by atoms with Crippen LogP contribution < -0.4 is 9.47 Å². The van der Waals surface area contributed by atoms with Crippen LogP contribution in [0.5, 0.6) is 11.5 Å². The van der Waals surface area contributed by atoms with Crippen molar-refractivity contribution in [2.24, 2.45) is 0 Å². The molecule has 0 aliphatic carbocycles. The lowest BCUT2D eigenvalue weighted by Gasteiger charge is -2.40. The molecule has 7 heteroatoms. The smallest absolute Gasteiger partial charge is 0.229 e. The number of aliphatic hydroxyl groups excluding tert-OH is 4. The van der Waals surface area contributed by atoms with Crippen molar-refractivity contribution in [3.8, 4) is 11.5 Å². The molecular formula is C21H34O7. The highest BCUT2D eigenvalue weighted by Crippen LogP contribution is 2.35. The molecule has 5 atom stereocenters. The van der Waals surface area contributed by atoms with Crippen LogP contribution in [-0.2, 0) is 4.74 Å². The number of rotatable bonds is 9. The molecule has 0 radical (unpaired) electrons. The Morgan fingerprint density at radius 2 is 1.68 bits per heavy atom. The number of ether oxygens (including phenoxy) is 3. The van der Waals surface area contributed by atoms with Crippen molar-refractivity contribution in [2.45, 2.75) is 84.1 Å². The molecule has 0 spiro atoms. The van der Waals surface area contributed by atoms with Crippen LogP contribution in [0.15, 0.2) is 6.07 Å². The molecule has 28 heavy (non-hydrogen) atoms. The van der Waals surface area contributed by atoms with Gasteiger partial charge in [0.15, 0.2) is 0 Å². The van der Waals surface area contributed by atoms with Gasteiger partial charge in [0.25, 0.3) is 0 Å². The van der Waals surface area contributed by atoms with Crippen molar-refractivity contribution >= 4 is 0 Å². The van der Waals surface area contributed by atoms with Gasteiger partial charge in [0.2, 0.25) is 6.29 Å². The van der Waals surface area contributed by atoms with Crippen LogP contribution in [0.25, 0.3) is 0 Å². The maximum atomic E-state index is 10.2. The molecule has 160 valence electrons. The van der Waals surface area contributed by atoms with Crippen LogP contribution in [0.3, 0.4) is 0 Å². The third kappa shape index (κ3) is 5.15. The van der Waals surface area contributed by atoms with Crippen molar-refractivity contribution in [3.05, 3.63) is 22.8 Å². The van der Waals surface area contributed by atoms with Gasteiger partial charge >= 0.3 is 0 Å². The number of hydrogen-bond donors (Lipinski definition) is 4. The van der Waals surface area contributed by atoms with Crippen LogP contribution in [0.4, 0.5) is 0 Å². The maximum absolute atomic E-state index is 10.2. The molecule has 1 aliphatic heterocycles. The molecule has 1 saturated heterocycles. The van der Waals surface area contributed by atoms with E-state index in [2.05, 4.69) is 6.92 Å². The zero-order valence-electron chi connectivity index (χ0n) is 17.2. The first kappa shape index (κ1) is 22.9. The Morgan fingerprint density at radius 1 is 0.964 bits per heavy atom. The van der Waals surface area contributed by atoms with Crippen LogP contribution in [0, 0.1) is 20.8 Å². The highest BCUT2D eigenvalue weighted by molar-refractivity contribution is 5.52. The quantitative estimate of drug-likeness (QED) is 0.469. The van der Waals surface area contributed by atoms with Crippen molar-refractivity contribution in [3.63, 3.8) is 0 Å². The van der Waals surface area contributed by atoms with Gasteiger partial charge in [-0.3, -0.25) is 0 Å². The lowest BCUT2D eigenvalue weighted by atomic mass is 9.99. The molecule has 1 heterocycles. The molecule has 1 aromatic rings. The maximum Gasteiger partial charge on any atom is 0.229 e. The number of benzene rings is 1. The summed E-state index contributed by atoms with van der Waals surface area (Å²) < 4.78 is 17.3. The minimum atomic E-state index is -1.47. The lowest BCUT2D eigenvalue weighted by Crippen LogP contribution is -2.60. The zero-order valence-corrected chi connectivity index (χ0v) is 17.2. The molecule has 7 nitrogen and oxygen atoms in total. The molecule has 4 N–H and O–H groups in total. The van der Waals surface area contributed by atoms with Crippen molar-refractivity contribution in [1.29, 1.82) is 0 Å². The fourth-order valence-electron chi connectivity index (χ4n) is 3.34. The summed E-state index contributed by atoms with van der Waals surface area (Å²) in [5.74, 6) is 1.33. The van der Waals surface area contributed by atoms with Crippen molar-refractivity contribution in [2.75, 3.05) is 13.2 Å². The predicted molar refractivity (Wildman–Crippen MR) is 105 cm³/mol. The van der Waals surface area contributed by atoms with E-state index in [1.54, 1.807) is 0 Å². The summed E-state index contributed by atoms with van der Waals surface area (Å²) in [5.41, 5.74) is 2.59. The molecule has 0 saturated carbocycles. The second kappa shape index (κ2) is 10.4. The Kier molecular flexibility index (Phi) is 8.52. The van der Waals surface area contributed by atoms with E-state index in [1.165, 1.54) is 12.8 Å². The van der Waals surface area contributed by atoms with Crippen LogP contribution in [0.1, 0.15) is 49.3 Å². The van der Waals surface area contributed by atoms with Crippen LogP contribution in [0.2, 0.25) is 0 Å². The molecule has 1 fully saturated rings. The summed E-state index contributed by atoms with van der Waals surface area (Å²) in [6, 6.07) is 1.89. The minimum Gasteiger partial charge on any atom is -0.493 e. The monoisotopic (exact) mass is 398 g/mol. The number of unbranched alkanes of at least 4 members (excludes halogenated alkanes) is 3. The molecule has 0 aromatic heterocycles. The summed E-state index contributed by atoms with van der Waals surface area (Å²) in [7, 11) is 0. The zero-order chi connectivity index (χ0) is 20.8. The highest BCUT2D eigenvalue weighted by Gasteiger charge is 2.45. The van der Waals surface area contributed by atoms with E-state index in [9.17, 15) is 20.4 Å². The van der Waals surface area contributed by atoms with E-state index < -0.39 is 37.3 Å². The lowest BCUT2D eigenvalue weighted by molar-refractivity contribution is -0.277. The molecule has 0 amide bonds. The van der Waals surface area contributed by atoms with Gasteiger partial charge < -0.3 is 34.6 Å². The van der Waals surface area contributed by atoms with Gasteiger partial charge in [0.05, 0.1) is 13.2 Å². The molecule has 0 unspecified atom stereocenters. The van der Waals surface area contributed by atoms with E-state index in [1.807, 2.05) is 26.8 Å². The SMILES string of the molecule is CCCCCCOc1cc(C)c(O[C@@H]2O[C@H](CO)[C@@H](O)[C@H](O)[C@H]2O)c(C)c1C. The first-order valence-corrected chi connectivity index (χ1v) is 10.0. The summed E-state index contributed by atoms with van der Waals surface area (Å²) in [6.07, 6.45) is -1.99. The summed E-state index contributed by atoms with van der Waals surface area (Å²) in [4.78, 5) is 0. The van der Waals surface area contributed by atoms with Gasteiger partial charge in [-0.05, 0) is 49.9 Å². The Bertz CT molecular complexity index is 632. The topological polar surface area (TPSA) is 109 Å². The fourth-order valence-corrected chi connectivity index (χ4v) is 3.34. The third-order valence-corrected chi connectivity index (χ3v) is 5.32. The first-order valence-electron chi connectivity index (χ1n) is 10.0. The molecule has 2 rings (SSSR count). The van der Waals surface area contributed by atoms with E-state index in [0.717, 1.165) is 35.3 Å². The average molecular weight is 398 g/mol. The predicted octanol–water partition coefficient (Wildman–Crippen LogP) is 1.75. The Balaban J connectivity index is 2.12. The average Bonchev–Trinajstić information content (AvgIpc) is 2.68. The molecular weight excluding hydrogens is 364 g/mol. The van der Waals surface area contributed by atoms with Gasteiger partial charge in [-0.2, -0.15) is 0 Å². The highest BCUT2D eigenvalue weighted by atomic mass is 16.7. The molecule has 0 bridgehead atoms. The normalized spacial score (nSPS) is 27.6. The molecule has 1 aromatic carbocycles. The summed E-state index contributed by atoms with van der Waals surface area (Å²) in [6.45, 7) is 8.04. The second-order valence-electron chi connectivity index (χ2n) is 7.49. The van der Waals surface area contributed by atoms with E-state index in [0.29, 0.717) is 12.4 Å². The summed E-state index contributed by atoms with van der Waals surface area (Å²) >= 11 is 0. The first-order chi connectivity index (χ1) is 13.3. The number of hydrogen-bond acceptors (Lipinski definition) is 7. The Morgan fingerprint density at radius 3 is 2.32 bits per heavy atom. The Hall–Kier alpha value is -1.38. The van der Waals surface area contributed by atoms with E-state index in [-0.39, 0.29) is 0 Å².